The van der Waals surface area contributed by atoms with Crippen LogP contribution in [0, 0.1) is 29.2 Å². The Bertz CT molecular complexity index is 1180. The van der Waals surface area contributed by atoms with Crippen molar-refractivity contribution >= 4 is 0 Å². The Morgan fingerprint density at radius 3 is 1.81 bits per heavy atom. The largest absolute Gasteiger partial charge is 0.348 e. The molecule has 37 heavy (non-hydrogen) atoms. The van der Waals surface area contributed by atoms with Crippen LogP contribution in [0.4, 0.5) is 17.6 Å². The number of aryl methyl sites for hydroxylation is 1. The van der Waals surface area contributed by atoms with E-state index in [2.05, 4.69) is 6.92 Å². The molecule has 0 saturated carbocycles. The Kier molecular flexibility index (Phi) is 9.38. The van der Waals surface area contributed by atoms with Crippen LogP contribution in [-0.4, -0.2) is 13.2 Å². The molecule has 1 saturated heterocycles. The Morgan fingerprint density at radius 2 is 1.22 bits per heavy atom. The SMILES string of the molecule is CCCCCC1COC(c2ccc(-c3ccc(-c4ccc(CCCC)c(F)c4F)cc3)c(F)c2F)OC1. The van der Waals surface area contributed by atoms with Crippen LogP contribution >= 0.6 is 0 Å². The first-order valence-corrected chi connectivity index (χ1v) is 13.2. The average Bonchev–Trinajstić information content (AvgIpc) is 2.92. The van der Waals surface area contributed by atoms with E-state index in [4.69, 9.17) is 9.47 Å². The van der Waals surface area contributed by atoms with Crippen LogP contribution in [0.5, 0.6) is 0 Å². The molecule has 1 heterocycles. The fraction of sp³-hybridized carbons (Fsp3) is 0.419. The number of halogens is 4. The van der Waals surface area contributed by atoms with Gasteiger partial charge < -0.3 is 9.47 Å². The third-order valence-corrected chi connectivity index (χ3v) is 7.02. The summed E-state index contributed by atoms with van der Waals surface area (Å²) >= 11 is 0. The zero-order valence-electron chi connectivity index (χ0n) is 21.5. The van der Waals surface area contributed by atoms with E-state index in [1.165, 1.54) is 12.1 Å². The number of hydrogen-bond acceptors (Lipinski definition) is 2. The second-order valence-corrected chi connectivity index (χ2v) is 9.77. The highest BCUT2D eigenvalue weighted by Crippen LogP contribution is 2.35. The van der Waals surface area contributed by atoms with E-state index in [0.29, 0.717) is 36.3 Å². The van der Waals surface area contributed by atoms with Gasteiger partial charge in [0.2, 0.25) is 0 Å². The molecule has 1 fully saturated rings. The van der Waals surface area contributed by atoms with Crippen molar-refractivity contribution < 1.29 is 27.0 Å². The second kappa shape index (κ2) is 12.7. The van der Waals surface area contributed by atoms with Crippen molar-refractivity contribution in [1.29, 1.82) is 0 Å². The van der Waals surface area contributed by atoms with Crippen molar-refractivity contribution in [2.45, 2.75) is 65.1 Å². The van der Waals surface area contributed by atoms with Crippen molar-refractivity contribution in [2.75, 3.05) is 13.2 Å². The molecule has 0 amide bonds. The monoisotopic (exact) mass is 514 g/mol. The number of unbranched alkanes of at least 4 members (excludes halogenated alkanes) is 3. The topological polar surface area (TPSA) is 18.5 Å². The summed E-state index contributed by atoms with van der Waals surface area (Å²) in [4.78, 5) is 0. The molecule has 3 aromatic carbocycles. The van der Waals surface area contributed by atoms with Gasteiger partial charge in [-0.3, -0.25) is 0 Å². The van der Waals surface area contributed by atoms with E-state index < -0.39 is 29.6 Å². The van der Waals surface area contributed by atoms with Crippen molar-refractivity contribution in [1.82, 2.24) is 0 Å². The van der Waals surface area contributed by atoms with E-state index >= 15 is 8.78 Å². The van der Waals surface area contributed by atoms with Gasteiger partial charge in [-0.2, -0.15) is 0 Å². The fourth-order valence-electron chi connectivity index (χ4n) is 4.74. The van der Waals surface area contributed by atoms with Gasteiger partial charge in [-0.05, 0) is 36.0 Å². The van der Waals surface area contributed by atoms with Gasteiger partial charge in [0.25, 0.3) is 0 Å². The van der Waals surface area contributed by atoms with E-state index in [0.717, 1.165) is 38.5 Å². The van der Waals surface area contributed by atoms with Crippen LogP contribution < -0.4 is 0 Å². The first-order valence-electron chi connectivity index (χ1n) is 13.2. The fourth-order valence-corrected chi connectivity index (χ4v) is 4.74. The van der Waals surface area contributed by atoms with Crippen molar-refractivity contribution in [3.05, 3.63) is 82.9 Å². The number of hydrogen-bond donors (Lipinski definition) is 0. The highest BCUT2D eigenvalue weighted by atomic mass is 19.2. The van der Waals surface area contributed by atoms with Crippen LogP contribution in [0.3, 0.4) is 0 Å². The molecule has 0 bridgehead atoms. The number of benzene rings is 3. The molecule has 0 spiro atoms. The Balaban J connectivity index is 1.48. The van der Waals surface area contributed by atoms with Gasteiger partial charge in [0.15, 0.2) is 29.6 Å². The van der Waals surface area contributed by atoms with Gasteiger partial charge in [0.1, 0.15) is 0 Å². The lowest BCUT2D eigenvalue weighted by atomic mass is 9.97. The van der Waals surface area contributed by atoms with Crippen LogP contribution in [-0.2, 0) is 15.9 Å². The second-order valence-electron chi connectivity index (χ2n) is 9.77. The van der Waals surface area contributed by atoms with Gasteiger partial charge in [-0.1, -0.05) is 88.1 Å². The maximum Gasteiger partial charge on any atom is 0.186 e. The predicted octanol–water partition coefficient (Wildman–Crippen LogP) is 9.16. The maximum absolute atomic E-state index is 15.1. The van der Waals surface area contributed by atoms with E-state index in [-0.39, 0.29) is 22.6 Å². The van der Waals surface area contributed by atoms with Crippen molar-refractivity contribution in [3.63, 3.8) is 0 Å². The van der Waals surface area contributed by atoms with E-state index in [1.807, 2.05) is 6.92 Å². The molecular weight excluding hydrogens is 480 g/mol. The summed E-state index contributed by atoms with van der Waals surface area (Å²) < 4.78 is 70.8. The third kappa shape index (κ3) is 6.24. The van der Waals surface area contributed by atoms with Crippen molar-refractivity contribution in [3.8, 4) is 22.3 Å². The van der Waals surface area contributed by atoms with Crippen LogP contribution in [0.25, 0.3) is 22.3 Å². The predicted molar refractivity (Wildman–Crippen MR) is 138 cm³/mol. The van der Waals surface area contributed by atoms with E-state index in [1.54, 1.807) is 36.4 Å². The molecule has 1 aliphatic heterocycles. The zero-order chi connectivity index (χ0) is 26.4. The third-order valence-electron chi connectivity index (χ3n) is 7.02. The van der Waals surface area contributed by atoms with Gasteiger partial charge in [-0.25, -0.2) is 17.6 Å². The normalized spacial score (nSPS) is 17.8. The molecule has 6 heteroatoms. The molecule has 0 aromatic heterocycles. The maximum atomic E-state index is 15.1. The van der Waals surface area contributed by atoms with Gasteiger partial charge >= 0.3 is 0 Å². The smallest absolute Gasteiger partial charge is 0.186 e. The minimum atomic E-state index is -1.01. The number of rotatable bonds is 10. The van der Waals surface area contributed by atoms with Gasteiger partial charge in [-0.15, -0.1) is 0 Å². The molecule has 1 aliphatic rings. The van der Waals surface area contributed by atoms with Crippen LogP contribution in [0.15, 0.2) is 48.5 Å². The molecule has 0 N–H and O–H groups in total. The van der Waals surface area contributed by atoms with Crippen LogP contribution in [0.1, 0.15) is 69.8 Å². The van der Waals surface area contributed by atoms with E-state index in [9.17, 15) is 8.78 Å². The first kappa shape index (κ1) is 27.3. The molecule has 0 unspecified atom stereocenters. The Hall–Kier alpha value is -2.70. The van der Waals surface area contributed by atoms with Crippen molar-refractivity contribution in [2.24, 2.45) is 5.92 Å². The van der Waals surface area contributed by atoms with Gasteiger partial charge in [0, 0.05) is 22.6 Å². The Labute approximate surface area is 216 Å². The zero-order valence-corrected chi connectivity index (χ0v) is 21.5. The summed E-state index contributed by atoms with van der Waals surface area (Å²) in [6.07, 6.45) is 5.60. The minimum Gasteiger partial charge on any atom is -0.348 e. The summed E-state index contributed by atoms with van der Waals surface area (Å²) in [5.74, 6) is -3.48. The summed E-state index contributed by atoms with van der Waals surface area (Å²) in [5.41, 5.74) is 1.47. The highest BCUT2D eigenvalue weighted by Gasteiger charge is 2.28. The molecule has 0 aliphatic carbocycles. The standard InChI is InChI=1S/C31H34F4O2/c1-3-5-7-8-20-18-36-31(37-19-20)26-17-16-25(29(34)30(26)35)22-12-10-21(11-13-22)24-15-14-23(9-6-4-2)27(32)28(24)33/h10-17,20,31H,3-9,18-19H2,1-2H3. The first-order chi connectivity index (χ1) is 17.9. The summed E-state index contributed by atoms with van der Waals surface area (Å²) in [6, 6.07) is 12.4. The molecule has 0 radical (unpaired) electrons. The molecule has 198 valence electrons. The lowest BCUT2D eigenvalue weighted by Crippen LogP contribution is -2.27. The lowest BCUT2D eigenvalue weighted by molar-refractivity contribution is -0.207. The highest BCUT2D eigenvalue weighted by molar-refractivity contribution is 5.71. The Morgan fingerprint density at radius 1 is 0.649 bits per heavy atom. The van der Waals surface area contributed by atoms with Gasteiger partial charge in [0.05, 0.1) is 13.2 Å². The summed E-state index contributed by atoms with van der Waals surface area (Å²) in [7, 11) is 0. The summed E-state index contributed by atoms with van der Waals surface area (Å²) in [6.45, 7) is 5.05. The molecule has 3 aromatic rings. The molecular formula is C31H34F4O2. The quantitative estimate of drug-likeness (QED) is 0.198. The molecule has 2 nitrogen and oxygen atoms in total. The molecule has 4 rings (SSSR count). The minimum absolute atomic E-state index is 0.0330. The van der Waals surface area contributed by atoms with Crippen LogP contribution in [0.2, 0.25) is 0 Å². The average molecular weight is 515 g/mol. The number of ether oxygens (including phenoxy) is 2. The molecule has 0 atom stereocenters. The lowest BCUT2D eigenvalue weighted by Gasteiger charge is -2.30. The summed E-state index contributed by atoms with van der Waals surface area (Å²) in [5, 5.41) is 0.